The molecule has 34 heavy (non-hydrogen) atoms. The molecule has 0 bridgehead atoms. The van der Waals surface area contributed by atoms with Gasteiger partial charge in [-0.1, -0.05) is 0 Å². The zero-order valence-corrected chi connectivity index (χ0v) is 18.3. The molecule has 1 saturated carbocycles. The molecule has 4 amide bonds. The molecule has 10 heteroatoms. The molecule has 4 heterocycles. The van der Waals surface area contributed by atoms with E-state index in [2.05, 4.69) is 20.7 Å². The summed E-state index contributed by atoms with van der Waals surface area (Å²) in [7, 11) is 0. The van der Waals surface area contributed by atoms with Crippen molar-refractivity contribution in [3.8, 4) is 0 Å². The molecule has 0 spiro atoms. The molecule has 2 fully saturated rings. The van der Waals surface area contributed by atoms with Gasteiger partial charge in [0.05, 0.1) is 17.8 Å². The van der Waals surface area contributed by atoms with Gasteiger partial charge in [-0.2, -0.15) is 5.10 Å². The van der Waals surface area contributed by atoms with Crippen LogP contribution in [0.1, 0.15) is 64.4 Å². The van der Waals surface area contributed by atoms with Crippen LogP contribution in [0.5, 0.6) is 0 Å². The van der Waals surface area contributed by atoms with E-state index in [1.807, 2.05) is 4.68 Å². The Bertz CT molecular complexity index is 1380. The maximum Gasteiger partial charge on any atom is 0.257 e. The van der Waals surface area contributed by atoms with E-state index in [9.17, 15) is 19.2 Å². The Hall–Kier alpha value is -4.08. The quantitative estimate of drug-likeness (QED) is 0.577. The van der Waals surface area contributed by atoms with Crippen LogP contribution in [-0.4, -0.2) is 49.3 Å². The summed E-state index contributed by atoms with van der Waals surface area (Å²) in [5.41, 5.74) is 2.97. The molecule has 2 N–H and O–H groups in total. The van der Waals surface area contributed by atoms with E-state index in [0.29, 0.717) is 29.3 Å². The summed E-state index contributed by atoms with van der Waals surface area (Å²) in [6.45, 7) is 0.248. The molecule has 1 aliphatic carbocycles. The maximum absolute atomic E-state index is 12.9. The lowest BCUT2D eigenvalue weighted by atomic mass is 9.93. The van der Waals surface area contributed by atoms with Crippen molar-refractivity contribution in [3.63, 3.8) is 0 Å². The Kier molecular flexibility index (Phi) is 4.68. The molecular formula is C24H22N6O4. The average molecular weight is 458 g/mol. The highest BCUT2D eigenvalue weighted by atomic mass is 16.2. The summed E-state index contributed by atoms with van der Waals surface area (Å²) in [6.07, 6.45) is 7.20. The molecule has 6 rings (SSSR count). The number of piperidine rings is 1. The van der Waals surface area contributed by atoms with Crippen LogP contribution in [0.15, 0.2) is 36.7 Å². The van der Waals surface area contributed by atoms with Crippen LogP contribution >= 0.6 is 0 Å². The fraction of sp³-hybridized carbons (Fsp3) is 0.333. The Morgan fingerprint density at radius 2 is 1.94 bits per heavy atom. The zero-order chi connectivity index (χ0) is 23.4. The molecular weight excluding hydrogens is 436 g/mol. The fourth-order valence-corrected chi connectivity index (χ4v) is 4.82. The van der Waals surface area contributed by atoms with Gasteiger partial charge in [-0.25, -0.2) is 9.67 Å². The van der Waals surface area contributed by atoms with Gasteiger partial charge >= 0.3 is 0 Å². The second kappa shape index (κ2) is 7.75. The first-order valence-corrected chi connectivity index (χ1v) is 11.4. The topological polar surface area (TPSA) is 126 Å². The monoisotopic (exact) mass is 458 g/mol. The van der Waals surface area contributed by atoms with Crippen molar-refractivity contribution < 1.29 is 19.2 Å². The molecule has 1 aromatic carbocycles. The van der Waals surface area contributed by atoms with Gasteiger partial charge in [-0.05, 0) is 55.5 Å². The maximum atomic E-state index is 12.9. The van der Waals surface area contributed by atoms with E-state index in [1.165, 1.54) is 11.3 Å². The Labute approximate surface area is 194 Å². The number of hydrogen-bond acceptors (Lipinski definition) is 6. The number of carbonyl (C=O) groups is 4. The highest BCUT2D eigenvalue weighted by molar-refractivity contribution is 6.07. The van der Waals surface area contributed by atoms with Gasteiger partial charge in [-0.3, -0.25) is 24.5 Å². The summed E-state index contributed by atoms with van der Waals surface area (Å²) in [4.78, 5) is 55.3. The minimum Gasteiger partial charge on any atom is -0.322 e. The number of nitrogens with one attached hydrogen (secondary N) is 2. The zero-order valence-electron chi connectivity index (χ0n) is 18.3. The van der Waals surface area contributed by atoms with Gasteiger partial charge in [0.1, 0.15) is 6.04 Å². The van der Waals surface area contributed by atoms with Crippen molar-refractivity contribution in [1.82, 2.24) is 25.0 Å². The number of benzene rings is 1. The Morgan fingerprint density at radius 3 is 2.71 bits per heavy atom. The third kappa shape index (κ3) is 3.33. The van der Waals surface area contributed by atoms with E-state index < -0.39 is 11.9 Å². The average Bonchev–Trinajstić information content (AvgIpc) is 3.33. The van der Waals surface area contributed by atoms with Gasteiger partial charge in [0.15, 0.2) is 5.65 Å². The lowest BCUT2D eigenvalue weighted by Gasteiger charge is -2.29. The number of anilines is 1. The number of aromatic nitrogens is 3. The predicted molar refractivity (Wildman–Crippen MR) is 121 cm³/mol. The summed E-state index contributed by atoms with van der Waals surface area (Å²) in [6, 6.07) is 6.57. The number of rotatable bonds is 4. The summed E-state index contributed by atoms with van der Waals surface area (Å²) in [5.74, 6) is -1.33. The fourth-order valence-electron chi connectivity index (χ4n) is 4.82. The van der Waals surface area contributed by atoms with Crippen LogP contribution in [-0.2, 0) is 16.1 Å². The third-order valence-electron chi connectivity index (χ3n) is 6.90. The van der Waals surface area contributed by atoms with Crippen molar-refractivity contribution in [2.24, 2.45) is 0 Å². The Balaban J connectivity index is 1.18. The minimum atomic E-state index is -0.672. The largest absolute Gasteiger partial charge is 0.322 e. The number of imide groups is 1. The summed E-state index contributed by atoms with van der Waals surface area (Å²) in [5, 5.41) is 10.4. The van der Waals surface area contributed by atoms with Gasteiger partial charge in [-0.15, -0.1) is 0 Å². The molecule has 2 aliphatic heterocycles. The van der Waals surface area contributed by atoms with Crippen LogP contribution in [0.4, 0.5) is 5.69 Å². The van der Waals surface area contributed by atoms with Crippen molar-refractivity contribution in [3.05, 3.63) is 53.3 Å². The number of pyridine rings is 1. The van der Waals surface area contributed by atoms with Crippen LogP contribution in [0.25, 0.3) is 11.0 Å². The smallest absolute Gasteiger partial charge is 0.257 e. The molecule has 1 atom stereocenters. The third-order valence-corrected chi connectivity index (χ3v) is 6.90. The Morgan fingerprint density at radius 1 is 1.09 bits per heavy atom. The highest BCUT2D eigenvalue weighted by Gasteiger charge is 2.39. The van der Waals surface area contributed by atoms with Crippen molar-refractivity contribution in [2.75, 3.05) is 5.32 Å². The molecule has 3 aliphatic rings. The first kappa shape index (κ1) is 20.5. The molecule has 3 aromatic rings. The van der Waals surface area contributed by atoms with Crippen molar-refractivity contribution in [2.45, 2.75) is 50.7 Å². The lowest BCUT2D eigenvalue weighted by molar-refractivity contribution is -0.136. The second-order valence-corrected chi connectivity index (χ2v) is 9.04. The number of carbonyl (C=O) groups excluding carboxylic acids is 4. The van der Waals surface area contributed by atoms with Gasteiger partial charge in [0, 0.05) is 35.8 Å². The number of hydrogen-bond donors (Lipinski definition) is 2. The van der Waals surface area contributed by atoms with E-state index in [1.54, 1.807) is 36.7 Å². The van der Waals surface area contributed by atoms with E-state index in [4.69, 9.17) is 0 Å². The van der Waals surface area contributed by atoms with Crippen LogP contribution < -0.4 is 10.6 Å². The number of amides is 4. The molecule has 0 radical (unpaired) electrons. The van der Waals surface area contributed by atoms with E-state index in [-0.39, 0.29) is 30.7 Å². The van der Waals surface area contributed by atoms with Crippen molar-refractivity contribution >= 4 is 40.3 Å². The van der Waals surface area contributed by atoms with Gasteiger partial charge in [0.25, 0.3) is 11.8 Å². The van der Waals surface area contributed by atoms with Gasteiger partial charge in [0.2, 0.25) is 11.8 Å². The number of fused-ring (bicyclic) bond motifs is 2. The summed E-state index contributed by atoms with van der Waals surface area (Å²) >= 11 is 0. The van der Waals surface area contributed by atoms with E-state index in [0.717, 1.165) is 29.4 Å². The minimum absolute atomic E-state index is 0.204. The SMILES string of the molecule is O=C1CCC(N2Cc3cc(NC(=O)c4cnc5c(cnn5C5CCC5)c4)ccc3C2=O)C(=O)N1. The normalized spacial score (nSPS) is 20.3. The lowest BCUT2D eigenvalue weighted by Crippen LogP contribution is -2.52. The molecule has 172 valence electrons. The first-order valence-electron chi connectivity index (χ1n) is 11.4. The van der Waals surface area contributed by atoms with Gasteiger partial charge < -0.3 is 10.2 Å². The first-order chi connectivity index (χ1) is 16.5. The predicted octanol–water partition coefficient (Wildman–Crippen LogP) is 2.17. The van der Waals surface area contributed by atoms with Crippen LogP contribution in [0, 0.1) is 0 Å². The summed E-state index contributed by atoms with van der Waals surface area (Å²) < 4.78 is 1.94. The van der Waals surface area contributed by atoms with Crippen LogP contribution in [0.3, 0.4) is 0 Å². The standard InChI is InChI=1S/C24H22N6O4/c31-20-7-6-19(23(33)28-20)29-12-15-9-16(4-5-18(15)24(29)34)27-22(32)14-8-13-11-26-30(17-2-1-3-17)21(13)25-10-14/h4-5,8-11,17,19H,1-3,6-7,12H2,(H,27,32)(H,28,31,33). The van der Waals surface area contributed by atoms with E-state index >= 15 is 0 Å². The highest BCUT2D eigenvalue weighted by Crippen LogP contribution is 2.33. The molecule has 10 nitrogen and oxygen atoms in total. The second-order valence-electron chi connectivity index (χ2n) is 9.04. The van der Waals surface area contributed by atoms with Crippen LogP contribution in [0.2, 0.25) is 0 Å². The molecule has 1 unspecified atom stereocenters. The molecule has 2 aromatic heterocycles. The number of nitrogens with zero attached hydrogens (tertiary/aromatic N) is 4. The van der Waals surface area contributed by atoms with Crippen molar-refractivity contribution in [1.29, 1.82) is 0 Å². The molecule has 1 saturated heterocycles.